The normalized spacial score (nSPS) is 19.4. The molecule has 3 rings (SSSR count). The van der Waals surface area contributed by atoms with E-state index in [1.807, 2.05) is 57.7 Å². The standard InChI is InChI=1S/C26H34F2N2O/c1-17(2)26(31)30(18(3)4)15-22-14-29(13-21-12-19(5)6-11-25(21)28)16-24(22)20-7-9-23(27)10-8-20/h6-12,17-18,22,24H,13-16H2,1-5H3. The molecule has 2 aromatic rings. The number of halogens is 2. The number of hydrogen-bond donors (Lipinski definition) is 0. The van der Waals surface area contributed by atoms with Crippen molar-refractivity contribution in [2.24, 2.45) is 11.8 Å². The third kappa shape index (κ3) is 5.70. The molecule has 2 aromatic carbocycles. The van der Waals surface area contributed by atoms with Crippen molar-refractivity contribution in [2.75, 3.05) is 19.6 Å². The van der Waals surface area contributed by atoms with Crippen LogP contribution in [0.3, 0.4) is 0 Å². The molecular weight excluding hydrogens is 394 g/mol. The second kappa shape index (κ2) is 9.90. The molecule has 1 aliphatic heterocycles. The first-order valence-electron chi connectivity index (χ1n) is 11.2. The van der Waals surface area contributed by atoms with Crippen molar-refractivity contribution in [1.82, 2.24) is 9.80 Å². The fourth-order valence-electron chi connectivity index (χ4n) is 4.57. The van der Waals surface area contributed by atoms with Gasteiger partial charge in [-0.2, -0.15) is 0 Å². The van der Waals surface area contributed by atoms with Gasteiger partial charge in [0.2, 0.25) is 5.91 Å². The largest absolute Gasteiger partial charge is 0.340 e. The van der Waals surface area contributed by atoms with Crippen LogP contribution in [0, 0.1) is 30.4 Å². The SMILES string of the molecule is Cc1ccc(F)c(CN2CC(CN(C(=O)C(C)C)C(C)C)C(c3ccc(F)cc3)C2)c1. The molecule has 5 heteroatoms. The van der Waals surface area contributed by atoms with Gasteiger partial charge in [0.1, 0.15) is 11.6 Å². The van der Waals surface area contributed by atoms with Crippen molar-refractivity contribution < 1.29 is 13.6 Å². The first-order chi connectivity index (χ1) is 14.7. The Morgan fingerprint density at radius 2 is 1.74 bits per heavy atom. The number of likely N-dealkylation sites (tertiary alicyclic amines) is 1. The average molecular weight is 429 g/mol. The zero-order valence-corrected chi connectivity index (χ0v) is 19.2. The molecule has 1 amide bonds. The Hall–Kier alpha value is -2.27. The zero-order valence-electron chi connectivity index (χ0n) is 19.2. The van der Waals surface area contributed by atoms with Crippen LogP contribution in [0.1, 0.15) is 50.3 Å². The fourth-order valence-corrected chi connectivity index (χ4v) is 4.57. The lowest BCUT2D eigenvalue weighted by atomic mass is 9.88. The maximum atomic E-state index is 14.4. The summed E-state index contributed by atoms with van der Waals surface area (Å²) in [7, 11) is 0. The molecular formula is C26H34F2N2O. The first kappa shape index (κ1) is 23.4. The molecule has 1 heterocycles. The van der Waals surface area contributed by atoms with Crippen LogP contribution in [-0.2, 0) is 11.3 Å². The van der Waals surface area contributed by atoms with Gasteiger partial charge in [-0.3, -0.25) is 9.69 Å². The summed E-state index contributed by atoms with van der Waals surface area (Å²) in [6.07, 6.45) is 0. The summed E-state index contributed by atoms with van der Waals surface area (Å²) in [5.74, 6) is 0.00154. The molecule has 0 aromatic heterocycles. The van der Waals surface area contributed by atoms with Crippen molar-refractivity contribution in [2.45, 2.75) is 53.1 Å². The molecule has 0 radical (unpaired) electrons. The summed E-state index contributed by atoms with van der Waals surface area (Å²) in [4.78, 5) is 17.0. The summed E-state index contributed by atoms with van der Waals surface area (Å²) in [6, 6.07) is 12.0. The molecule has 1 fully saturated rings. The third-order valence-corrected chi connectivity index (χ3v) is 6.24. The topological polar surface area (TPSA) is 23.6 Å². The highest BCUT2D eigenvalue weighted by Crippen LogP contribution is 2.35. The molecule has 31 heavy (non-hydrogen) atoms. The summed E-state index contributed by atoms with van der Waals surface area (Å²) < 4.78 is 27.9. The zero-order chi connectivity index (χ0) is 22.7. The number of nitrogens with zero attached hydrogens (tertiary/aromatic N) is 2. The highest BCUT2D eigenvalue weighted by atomic mass is 19.1. The van der Waals surface area contributed by atoms with Gasteiger partial charge in [0.25, 0.3) is 0 Å². The molecule has 0 bridgehead atoms. The van der Waals surface area contributed by atoms with E-state index in [0.29, 0.717) is 18.7 Å². The number of carbonyl (C=O) groups excluding carboxylic acids is 1. The van der Waals surface area contributed by atoms with Crippen molar-refractivity contribution in [1.29, 1.82) is 0 Å². The lowest BCUT2D eigenvalue weighted by molar-refractivity contribution is -0.136. The Morgan fingerprint density at radius 3 is 2.35 bits per heavy atom. The van der Waals surface area contributed by atoms with E-state index < -0.39 is 0 Å². The Kier molecular flexibility index (Phi) is 7.47. The van der Waals surface area contributed by atoms with E-state index in [1.165, 1.54) is 18.2 Å². The van der Waals surface area contributed by atoms with E-state index in [9.17, 15) is 13.6 Å². The van der Waals surface area contributed by atoms with E-state index in [1.54, 1.807) is 6.07 Å². The van der Waals surface area contributed by atoms with Gasteiger partial charge in [0, 0.05) is 49.6 Å². The van der Waals surface area contributed by atoms with Gasteiger partial charge in [0.05, 0.1) is 0 Å². The maximum absolute atomic E-state index is 14.4. The minimum absolute atomic E-state index is 0.0643. The number of benzene rings is 2. The predicted octanol–water partition coefficient (Wildman–Crippen LogP) is 5.38. The molecule has 3 nitrogen and oxygen atoms in total. The van der Waals surface area contributed by atoms with E-state index >= 15 is 0 Å². The van der Waals surface area contributed by atoms with Crippen LogP contribution in [0.25, 0.3) is 0 Å². The van der Waals surface area contributed by atoms with Crippen LogP contribution in [0.2, 0.25) is 0 Å². The van der Waals surface area contributed by atoms with Crippen LogP contribution in [-0.4, -0.2) is 41.4 Å². The van der Waals surface area contributed by atoms with Crippen LogP contribution in [0.15, 0.2) is 42.5 Å². The highest BCUT2D eigenvalue weighted by molar-refractivity contribution is 5.78. The van der Waals surface area contributed by atoms with E-state index in [0.717, 1.165) is 24.2 Å². The second-order valence-electron chi connectivity index (χ2n) is 9.45. The Labute approximate surface area is 185 Å². The molecule has 0 aliphatic carbocycles. The van der Waals surface area contributed by atoms with Crippen molar-refractivity contribution in [3.63, 3.8) is 0 Å². The van der Waals surface area contributed by atoms with Crippen LogP contribution < -0.4 is 0 Å². The quantitative estimate of drug-likeness (QED) is 0.591. The van der Waals surface area contributed by atoms with E-state index in [2.05, 4.69) is 4.90 Å². The second-order valence-corrected chi connectivity index (χ2v) is 9.45. The number of rotatable bonds is 7. The average Bonchev–Trinajstić information content (AvgIpc) is 3.11. The molecule has 2 unspecified atom stereocenters. The third-order valence-electron chi connectivity index (χ3n) is 6.24. The van der Waals surface area contributed by atoms with Gasteiger partial charge in [-0.05, 0) is 50.5 Å². The molecule has 0 saturated carbocycles. The van der Waals surface area contributed by atoms with Gasteiger partial charge in [-0.15, -0.1) is 0 Å². The van der Waals surface area contributed by atoms with Crippen LogP contribution in [0.4, 0.5) is 8.78 Å². The smallest absolute Gasteiger partial charge is 0.225 e. The Morgan fingerprint density at radius 1 is 1.06 bits per heavy atom. The maximum Gasteiger partial charge on any atom is 0.225 e. The first-order valence-corrected chi connectivity index (χ1v) is 11.2. The van der Waals surface area contributed by atoms with E-state index in [-0.39, 0.29) is 41.3 Å². The van der Waals surface area contributed by atoms with Gasteiger partial charge >= 0.3 is 0 Å². The Bertz CT molecular complexity index is 895. The summed E-state index contributed by atoms with van der Waals surface area (Å²) in [5, 5.41) is 0. The molecule has 0 spiro atoms. The molecule has 1 aliphatic rings. The Balaban J connectivity index is 1.85. The minimum atomic E-state index is -0.254. The van der Waals surface area contributed by atoms with Gasteiger partial charge in [-0.25, -0.2) is 8.78 Å². The monoisotopic (exact) mass is 428 g/mol. The van der Waals surface area contributed by atoms with Crippen molar-refractivity contribution in [3.05, 3.63) is 70.8 Å². The molecule has 2 atom stereocenters. The summed E-state index contributed by atoms with van der Waals surface area (Å²) in [6.45, 7) is 12.6. The van der Waals surface area contributed by atoms with Gasteiger partial charge < -0.3 is 4.90 Å². The predicted molar refractivity (Wildman–Crippen MR) is 121 cm³/mol. The number of aryl methyl sites for hydroxylation is 1. The fraction of sp³-hybridized carbons (Fsp3) is 0.500. The van der Waals surface area contributed by atoms with Crippen LogP contribution in [0.5, 0.6) is 0 Å². The van der Waals surface area contributed by atoms with E-state index in [4.69, 9.17) is 0 Å². The molecule has 168 valence electrons. The minimum Gasteiger partial charge on any atom is -0.340 e. The molecule has 0 N–H and O–H groups in total. The number of hydrogen-bond acceptors (Lipinski definition) is 2. The number of carbonyl (C=O) groups is 1. The van der Waals surface area contributed by atoms with Crippen LogP contribution >= 0.6 is 0 Å². The number of amides is 1. The summed E-state index contributed by atoms with van der Waals surface area (Å²) in [5.41, 5.74) is 2.80. The lowest BCUT2D eigenvalue weighted by Gasteiger charge is -2.33. The van der Waals surface area contributed by atoms with Gasteiger partial charge in [-0.1, -0.05) is 43.7 Å². The molecule has 1 saturated heterocycles. The highest BCUT2D eigenvalue weighted by Gasteiger charge is 2.36. The van der Waals surface area contributed by atoms with Gasteiger partial charge in [0.15, 0.2) is 0 Å². The van der Waals surface area contributed by atoms with Crippen molar-refractivity contribution >= 4 is 5.91 Å². The van der Waals surface area contributed by atoms with Crippen molar-refractivity contribution in [3.8, 4) is 0 Å². The summed E-state index contributed by atoms with van der Waals surface area (Å²) >= 11 is 0. The lowest BCUT2D eigenvalue weighted by Crippen LogP contribution is -2.43.